The number of aliphatic carboxylic acids is 1. The van der Waals surface area contributed by atoms with Crippen molar-refractivity contribution in [2.45, 2.75) is 38.6 Å². The highest BCUT2D eigenvalue weighted by Crippen LogP contribution is 2.25. The van der Waals surface area contributed by atoms with Gasteiger partial charge in [-0.05, 0) is 37.0 Å². The summed E-state index contributed by atoms with van der Waals surface area (Å²) in [5, 5.41) is 13.7. The number of carboxylic acids is 1. The maximum atomic E-state index is 12.9. The summed E-state index contributed by atoms with van der Waals surface area (Å²) in [6, 6.07) is 6.96. The number of rotatable bonds is 5. The number of amides is 1. The monoisotopic (exact) mass is 362 g/mol. The summed E-state index contributed by atoms with van der Waals surface area (Å²) in [4.78, 5) is 25.4. The van der Waals surface area contributed by atoms with Crippen LogP contribution < -0.4 is 0 Å². The number of benzene rings is 1. The van der Waals surface area contributed by atoms with Crippen LogP contribution in [0.2, 0.25) is 5.02 Å². The van der Waals surface area contributed by atoms with E-state index in [0.717, 1.165) is 49.0 Å². The molecule has 7 heteroatoms. The average Bonchev–Trinajstić information content (AvgIpc) is 2.83. The Labute approximate surface area is 150 Å². The van der Waals surface area contributed by atoms with Crippen molar-refractivity contribution in [3.8, 4) is 0 Å². The number of fused-ring (bicyclic) bond motifs is 1. The van der Waals surface area contributed by atoms with E-state index >= 15 is 0 Å². The summed E-state index contributed by atoms with van der Waals surface area (Å²) in [5.41, 5.74) is 1.87. The number of halogens is 1. The van der Waals surface area contributed by atoms with Crippen LogP contribution in [0.1, 0.15) is 46.6 Å². The molecule has 0 aliphatic heterocycles. The topological polar surface area (TPSA) is 83.6 Å². The molecule has 1 heterocycles. The largest absolute Gasteiger partial charge is 0.480 e. The van der Waals surface area contributed by atoms with E-state index in [1.807, 2.05) is 0 Å². The Morgan fingerprint density at radius 3 is 2.60 bits per heavy atom. The first-order valence-electron chi connectivity index (χ1n) is 8.27. The van der Waals surface area contributed by atoms with Crippen LogP contribution in [0.25, 0.3) is 0 Å². The number of carbonyl (C=O) groups is 2. The Morgan fingerprint density at radius 1 is 1.16 bits per heavy atom. The van der Waals surface area contributed by atoms with Gasteiger partial charge in [0.15, 0.2) is 5.69 Å². The van der Waals surface area contributed by atoms with Crippen LogP contribution in [0.5, 0.6) is 0 Å². The molecule has 0 radical (unpaired) electrons. The summed E-state index contributed by atoms with van der Waals surface area (Å²) < 4.78 is 5.35. The molecule has 0 atom stereocenters. The average molecular weight is 363 g/mol. The van der Waals surface area contributed by atoms with Crippen LogP contribution in [0.3, 0.4) is 0 Å². The summed E-state index contributed by atoms with van der Waals surface area (Å²) in [6.07, 6.45) is 4.58. The van der Waals surface area contributed by atoms with Gasteiger partial charge in [0, 0.05) is 23.6 Å². The lowest BCUT2D eigenvalue weighted by Crippen LogP contribution is -2.35. The highest BCUT2D eigenvalue weighted by atomic mass is 35.5. The normalized spacial score (nSPS) is 13.8. The van der Waals surface area contributed by atoms with Gasteiger partial charge in [-0.3, -0.25) is 9.59 Å². The molecule has 6 nitrogen and oxygen atoms in total. The lowest BCUT2D eigenvalue weighted by Gasteiger charge is -2.20. The van der Waals surface area contributed by atoms with Gasteiger partial charge in [-0.2, -0.15) is 0 Å². The Kier molecular flexibility index (Phi) is 5.38. The van der Waals surface area contributed by atoms with E-state index in [0.29, 0.717) is 5.02 Å². The van der Waals surface area contributed by atoms with Crippen LogP contribution in [0.15, 0.2) is 28.8 Å². The summed E-state index contributed by atoms with van der Waals surface area (Å²) in [7, 11) is 0. The maximum Gasteiger partial charge on any atom is 0.323 e. The second kappa shape index (κ2) is 7.70. The van der Waals surface area contributed by atoms with Gasteiger partial charge in [-0.1, -0.05) is 35.3 Å². The van der Waals surface area contributed by atoms with Crippen molar-refractivity contribution in [1.29, 1.82) is 0 Å². The molecule has 1 aromatic heterocycles. The number of aromatic nitrogens is 1. The van der Waals surface area contributed by atoms with Crippen molar-refractivity contribution in [3.05, 3.63) is 51.9 Å². The van der Waals surface area contributed by atoms with E-state index in [4.69, 9.17) is 16.1 Å². The summed E-state index contributed by atoms with van der Waals surface area (Å²) in [6.45, 7) is -0.229. The van der Waals surface area contributed by atoms with Gasteiger partial charge in [-0.25, -0.2) is 0 Å². The number of carbonyl (C=O) groups excluding carboxylic acids is 1. The molecule has 3 rings (SSSR count). The smallest absolute Gasteiger partial charge is 0.323 e. The second-order valence-electron chi connectivity index (χ2n) is 6.17. The second-order valence-corrected chi connectivity index (χ2v) is 6.61. The highest BCUT2D eigenvalue weighted by Gasteiger charge is 2.28. The van der Waals surface area contributed by atoms with Gasteiger partial charge >= 0.3 is 5.97 Å². The van der Waals surface area contributed by atoms with E-state index < -0.39 is 18.4 Å². The standard InChI is InChI=1S/C18H19ClN2O4/c19-13-8-6-12(7-9-13)10-21(11-16(22)23)18(24)17-14-4-2-1-3-5-15(14)25-20-17/h6-9H,1-5,10-11H2,(H,22,23). The van der Waals surface area contributed by atoms with Crippen molar-refractivity contribution in [3.63, 3.8) is 0 Å². The van der Waals surface area contributed by atoms with Crippen molar-refractivity contribution >= 4 is 23.5 Å². The Bertz CT molecular complexity index is 770. The van der Waals surface area contributed by atoms with Gasteiger partial charge in [0.2, 0.25) is 0 Å². The number of nitrogens with zero attached hydrogens (tertiary/aromatic N) is 2. The van der Waals surface area contributed by atoms with Gasteiger partial charge < -0.3 is 14.5 Å². The predicted molar refractivity (Wildman–Crippen MR) is 91.6 cm³/mol. The van der Waals surface area contributed by atoms with Crippen LogP contribution in [0, 0.1) is 0 Å². The van der Waals surface area contributed by atoms with Crippen molar-refractivity contribution in [2.24, 2.45) is 0 Å². The zero-order valence-electron chi connectivity index (χ0n) is 13.7. The van der Waals surface area contributed by atoms with Gasteiger partial charge in [0.1, 0.15) is 12.3 Å². The van der Waals surface area contributed by atoms with E-state index in [-0.39, 0.29) is 12.2 Å². The SMILES string of the molecule is O=C(O)CN(Cc1ccc(Cl)cc1)C(=O)c1noc2c1CCCCC2. The fourth-order valence-electron chi connectivity index (χ4n) is 3.05. The van der Waals surface area contributed by atoms with Crippen molar-refractivity contribution in [1.82, 2.24) is 10.1 Å². The molecule has 1 aliphatic carbocycles. The van der Waals surface area contributed by atoms with Crippen molar-refractivity contribution < 1.29 is 19.2 Å². The fourth-order valence-corrected chi connectivity index (χ4v) is 3.18. The molecule has 0 fully saturated rings. The molecule has 132 valence electrons. The van der Waals surface area contributed by atoms with E-state index in [9.17, 15) is 14.7 Å². The molecular formula is C18H19ClN2O4. The van der Waals surface area contributed by atoms with Crippen molar-refractivity contribution in [2.75, 3.05) is 6.54 Å². The number of carboxylic acid groups (broad SMARTS) is 1. The molecule has 0 spiro atoms. The van der Waals surface area contributed by atoms with E-state index in [1.165, 1.54) is 4.90 Å². The molecular weight excluding hydrogens is 344 g/mol. The molecule has 0 unspecified atom stereocenters. The molecule has 1 N–H and O–H groups in total. The van der Waals surface area contributed by atoms with Crippen LogP contribution in [-0.2, 0) is 24.2 Å². The zero-order chi connectivity index (χ0) is 17.8. The van der Waals surface area contributed by atoms with Crippen LogP contribution >= 0.6 is 11.6 Å². The van der Waals surface area contributed by atoms with E-state index in [1.54, 1.807) is 24.3 Å². The number of aryl methyl sites for hydroxylation is 1. The molecule has 0 bridgehead atoms. The Hall–Kier alpha value is -2.34. The molecule has 1 amide bonds. The maximum absolute atomic E-state index is 12.9. The zero-order valence-corrected chi connectivity index (χ0v) is 14.5. The van der Waals surface area contributed by atoms with E-state index in [2.05, 4.69) is 5.16 Å². The minimum atomic E-state index is -1.07. The highest BCUT2D eigenvalue weighted by molar-refractivity contribution is 6.30. The molecule has 25 heavy (non-hydrogen) atoms. The third-order valence-electron chi connectivity index (χ3n) is 4.30. The molecule has 0 saturated heterocycles. The minimum absolute atomic E-state index is 0.171. The molecule has 0 saturated carbocycles. The lowest BCUT2D eigenvalue weighted by molar-refractivity contribution is -0.137. The number of hydrogen-bond acceptors (Lipinski definition) is 4. The predicted octanol–water partition coefficient (Wildman–Crippen LogP) is 3.32. The molecule has 1 aromatic carbocycles. The summed E-state index contributed by atoms with van der Waals surface area (Å²) >= 11 is 5.87. The molecule has 1 aliphatic rings. The Morgan fingerprint density at radius 2 is 1.88 bits per heavy atom. The van der Waals surface area contributed by atoms with Crippen LogP contribution in [0.4, 0.5) is 0 Å². The first-order valence-corrected chi connectivity index (χ1v) is 8.65. The fraction of sp³-hybridized carbons (Fsp3) is 0.389. The third kappa shape index (κ3) is 4.20. The quantitative estimate of drug-likeness (QED) is 0.825. The van der Waals surface area contributed by atoms with Gasteiger partial charge in [0.25, 0.3) is 5.91 Å². The molecule has 2 aromatic rings. The third-order valence-corrected chi connectivity index (χ3v) is 4.55. The van der Waals surface area contributed by atoms with Gasteiger partial charge in [0.05, 0.1) is 0 Å². The Balaban J connectivity index is 1.85. The van der Waals surface area contributed by atoms with Crippen LogP contribution in [-0.4, -0.2) is 33.6 Å². The first kappa shape index (κ1) is 17.5. The summed E-state index contributed by atoms with van der Waals surface area (Å²) in [5.74, 6) is -0.733. The lowest BCUT2D eigenvalue weighted by atomic mass is 10.1. The first-order chi connectivity index (χ1) is 12.0. The minimum Gasteiger partial charge on any atom is -0.480 e. The number of hydrogen-bond donors (Lipinski definition) is 1. The van der Waals surface area contributed by atoms with Gasteiger partial charge in [-0.15, -0.1) is 0 Å².